The molecule has 1 aliphatic rings. The molecule has 1 saturated heterocycles. The molecule has 0 aliphatic carbocycles. The second kappa shape index (κ2) is 7.64. The summed E-state index contributed by atoms with van der Waals surface area (Å²) in [7, 11) is -4.44. The molecule has 0 bridgehead atoms. The van der Waals surface area contributed by atoms with E-state index in [2.05, 4.69) is 10.0 Å². The molecule has 2 rings (SSSR count). The first-order chi connectivity index (χ1) is 10.6. The van der Waals surface area contributed by atoms with Crippen LogP contribution in [0.15, 0.2) is 23.1 Å². The lowest BCUT2D eigenvalue weighted by Crippen LogP contribution is -2.37. The van der Waals surface area contributed by atoms with Gasteiger partial charge in [0.2, 0.25) is 10.0 Å². The number of sulfonamides is 1. The number of rotatable bonds is 5. The van der Waals surface area contributed by atoms with E-state index in [-0.39, 0.29) is 31.1 Å². The Morgan fingerprint density at radius 3 is 2.54 bits per heavy atom. The van der Waals surface area contributed by atoms with Crippen LogP contribution < -0.4 is 10.0 Å². The monoisotopic (exact) mass is 389 g/mol. The molecule has 1 aromatic carbocycles. The summed E-state index contributed by atoms with van der Waals surface area (Å²) >= 11 is 0. The van der Waals surface area contributed by atoms with Crippen molar-refractivity contribution in [3.63, 3.8) is 0 Å². The highest BCUT2D eigenvalue weighted by molar-refractivity contribution is 7.89. The van der Waals surface area contributed by atoms with Gasteiger partial charge in [-0.1, -0.05) is 0 Å². The van der Waals surface area contributed by atoms with Crippen LogP contribution >= 0.6 is 12.4 Å². The van der Waals surface area contributed by atoms with Crippen molar-refractivity contribution in [1.82, 2.24) is 10.0 Å². The van der Waals surface area contributed by atoms with E-state index in [9.17, 15) is 31.7 Å². The predicted molar refractivity (Wildman–Crippen MR) is 81.6 cm³/mol. The minimum atomic E-state index is -5.03. The Hall–Kier alpha value is -1.43. The summed E-state index contributed by atoms with van der Waals surface area (Å²) in [5, 5.41) is 13.6. The van der Waals surface area contributed by atoms with Gasteiger partial charge in [-0.05, 0) is 25.5 Å². The van der Waals surface area contributed by atoms with Gasteiger partial charge in [-0.15, -0.1) is 12.4 Å². The van der Waals surface area contributed by atoms with Crippen LogP contribution in [0.1, 0.15) is 18.4 Å². The van der Waals surface area contributed by atoms with Gasteiger partial charge in [0.25, 0.3) is 5.69 Å². The van der Waals surface area contributed by atoms with Crippen molar-refractivity contribution < 1.29 is 26.5 Å². The molecule has 12 heteroatoms. The lowest BCUT2D eigenvalue weighted by Gasteiger charge is -2.15. The van der Waals surface area contributed by atoms with Crippen LogP contribution in [0.2, 0.25) is 0 Å². The van der Waals surface area contributed by atoms with Crippen molar-refractivity contribution in [2.24, 2.45) is 0 Å². The summed E-state index contributed by atoms with van der Waals surface area (Å²) in [6, 6.07) is 1.42. The summed E-state index contributed by atoms with van der Waals surface area (Å²) in [4.78, 5) is 8.57. The Morgan fingerprint density at radius 1 is 1.38 bits per heavy atom. The van der Waals surface area contributed by atoms with Crippen LogP contribution in [-0.2, 0) is 16.2 Å². The maximum absolute atomic E-state index is 13.0. The summed E-state index contributed by atoms with van der Waals surface area (Å²) < 4.78 is 65.5. The Bertz CT molecular complexity index is 706. The molecular weight excluding hydrogens is 375 g/mol. The first kappa shape index (κ1) is 20.6. The third-order valence-corrected chi connectivity index (χ3v) is 4.93. The third kappa shape index (κ3) is 4.79. The Kier molecular flexibility index (Phi) is 6.56. The lowest BCUT2D eigenvalue weighted by atomic mass is 10.2. The molecule has 1 fully saturated rings. The number of nitro benzene ring substituents is 1. The fraction of sp³-hybridized carbons (Fsp3) is 0.500. The van der Waals surface area contributed by atoms with Gasteiger partial charge in [-0.25, -0.2) is 13.1 Å². The summed E-state index contributed by atoms with van der Waals surface area (Å²) in [5.41, 5.74) is -2.38. The van der Waals surface area contributed by atoms with E-state index in [1.807, 2.05) is 0 Å². The van der Waals surface area contributed by atoms with Crippen LogP contribution in [0.3, 0.4) is 0 Å². The minimum absolute atomic E-state index is 0. The van der Waals surface area contributed by atoms with Crippen LogP contribution in [0.5, 0.6) is 0 Å². The van der Waals surface area contributed by atoms with Crippen molar-refractivity contribution in [2.75, 3.05) is 13.1 Å². The van der Waals surface area contributed by atoms with E-state index >= 15 is 0 Å². The van der Waals surface area contributed by atoms with E-state index in [1.165, 1.54) is 0 Å². The number of hydrogen-bond acceptors (Lipinski definition) is 5. The molecule has 1 unspecified atom stereocenters. The molecule has 0 aromatic heterocycles. The number of nitrogens with one attached hydrogen (secondary N) is 2. The Labute approximate surface area is 142 Å². The number of benzene rings is 1. The average Bonchev–Trinajstić information content (AvgIpc) is 2.97. The van der Waals surface area contributed by atoms with E-state index in [0.717, 1.165) is 25.5 Å². The molecule has 1 aliphatic heterocycles. The van der Waals surface area contributed by atoms with Crippen LogP contribution in [-0.4, -0.2) is 32.5 Å². The molecule has 0 amide bonds. The first-order valence-electron chi connectivity index (χ1n) is 6.70. The smallest absolute Gasteiger partial charge is 0.313 e. The zero-order valence-corrected chi connectivity index (χ0v) is 13.8. The topological polar surface area (TPSA) is 101 Å². The number of alkyl halides is 3. The van der Waals surface area contributed by atoms with E-state index in [1.54, 1.807) is 0 Å². The maximum Gasteiger partial charge on any atom is 0.417 e. The number of non-ortho nitro benzene ring substituents is 1. The molecule has 7 nitrogen and oxygen atoms in total. The number of nitrogens with zero attached hydrogens (tertiary/aromatic N) is 1. The summed E-state index contributed by atoms with van der Waals surface area (Å²) in [6.45, 7) is 0.675. The fourth-order valence-corrected chi connectivity index (χ4v) is 3.59. The highest BCUT2D eigenvalue weighted by Gasteiger charge is 2.38. The number of halogens is 4. The first-order valence-corrected chi connectivity index (χ1v) is 8.18. The second-order valence-electron chi connectivity index (χ2n) is 5.08. The van der Waals surface area contributed by atoms with Crippen molar-refractivity contribution in [2.45, 2.75) is 30.0 Å². The molecule has 0 saturated carbocycles. The fourth-order valence-electron chi connectivity index (χ4n) is 2.31. The summed E-state index contributed by atoms with van der Waals surface area (Å²) in [5.74, 6) is 0. The highest BCUT2D eigenvalue weighted by Crippen LogP contribution is 2.36. The third-order valence-electron chi connectivity index (χ3n) is 3.45. The Balaban J connectivity index is 0.00000288. The quantitative estimate of drug-likeness (QED) is 0.593. The van der Waals surface area contributed by atoms with Gasteiger partial charge >= 0.3 is 6.18 Å². The number of nitro groups is 1. The standard InChI is InChI=1S/C12H14F3N3O4S.ClH/c13-12(14,15)10-6-9(18(19)20)3-4-11(10)23(21,22)17-7-8-2-1-5-16-8;/h3-4,6,8,16-17H,1-2,5,7H2;1H. The molecular formula is C12H15ClF3N3O4S. The molecule has 0 radical (unpaired) electrons. The summed E-state index contributed by atoms with van der Waals surface area (Å²) in [6.07, 6.45) is -3.45. The molecule has 0 spiro atoms. The normalized spacial score (nSPS) is 18.2. The van der Waals surface area contributed by atoms with Gasteiger partial charge in [-0.2, -0.15) is 13.2 Å². The predicted octanol–water partition coefficient (Wildman–Crippen LogP) is 2.07. The van der Waals surface area contributed by atoms with Gasteiger partial charge in [0.15, 0.2) is 0 Å². The SMILES string of the molecule is Cl.O=[N+]([O-])c1ccc(S(=O)(=O)NCC2CCCN2)c(C(F)(F)F)c1. The molecule has 1 aromatic rings. The Morgan fingerprint density at radius 2 is 2.04 bits per heavy atom. The van der Waals surface area contributed by atoms with Gasteiger partial charge in [0, 0.05) is 24.7 Å². The zero-order valence-electron chi connectivity index (χ0n) is 12.2. The lowest BCUT2D eigenvalue weighted by molar-refractivity contribution is -0.385. The van der Waals surface area contributed by atoms with E-state index < -0.39 is 37.3 Å². The molecule has 1 heterocycles. The molecule has 2 N–H and O–H groups in total. The average molecular weight is 390 g/mol. The molecule has 1 atom stereocenters. The van der Waals surface area contributed by atoms with Crippen LogP contribution in [0, 0.1) is 10.1 Å². The van der Waals surface area contributed by atoms with Crippen molar-refractivity contribution in [3.8, 4) is 0 Å². The van der Waals surface area contributed by atoms with Gasteiger partial charge < -0.3 is 5.32 Å². The van der Waals surface area contributed by atoms with Crippen LogP contribution in [0.25, 0.3) is 0 Å². The number of hydrogen-bond donors (Lipinski definition) is 2. The zero-order chi connectivity index (χ0) is 17.3. The van der Waals surface area contributed by atoms with Crippen molar-refractivity contribution >= 4 is 28.1 Å². The highest BCUT2D eigenvalue weighted by atomic mass is 35.5. The van der Waals surface area contributed by atoms with Gasteiger partial charge in [0.05, 0.1) is 15.4 Å². The van der Waals surface area contributed by atoms with Crippen molar-refractivity contribution in [3.05, 3.63) is 33.9 Å². The van der Waals surface area contributed by atoms with Gasteiger partial charge in [0.1, 0.15) is 0 Å². The molecule has 24 heavy (non-hydrogen) atoms. The molecule has 136 valence electrons. The maximum atomic E-state index is 13.0. The second-order valence-corrected chi connectivity index (χ2v) is 6.82. The van der Waals surface area contributed by atoms with Crippen molar-refractivity contribution in [1.29, 1.82) is 0 Å². The van der Waals surface area contributed by atoms with E-state index in [4.69, 9.17) is 0 Å². The largest absolute Gasteiger partial charge is 0.417 e. The van der Waals surface area contributed by atoms with Crippen LogP contribution in [0.4, 0.5) is 18.9 Å². The van der Waals surface area contributed by atoms with Gasteiger partial charge in [-0.3, -0.25) is 10.1 Å². The minimum Gasteiger partial charge on any atom is -0.313 e. The van der Waals surface area contributed by atoms with E-state index in [0.29, 0.717) is 6.07 Å².